The number of sulfone groups is 1. The first kappa shape index (κ1) is 13.1. The lowest BCUT2D eigenvalue weighted by atomic mass is 10.3. The molecular weight excluding hydrogens is 252 g/mol. The molecule has 1 N–H and O–H groups in total. The first-order valence-corrected chi connectivity index (χ1v) is 7.74. The Labute approximate surface area is 107 Å². The summed E-state index contributed by atoms with van der Waals surface area (Å²) < 4.78 is 23.1. The van der Waals surface area contributed by atoms with Crippen LogP contribution in [-0.2, 0) is 9.84 Å². The molecule has 0 aliphatic carbocycles. The van der Waals surface area contributed by atoms with Crippen LogP contribution in [0.25, 0.3) is 0 Å². The maximum absolute atomic E-state index is 11.6. The van der Waals surface area contributed by atoms with Crippen molar-refractivity contribution in [3.05, 3.63) is 11.9 Å². The summed E-state index contributed by atoms with van der Waals surface area (Å²) in [5.41, 5.74) is 0. The molecule has 18 heavy (non-hydrogen) atoms. The van der Waals surface area contributed by atoms with Crippen LogP contribution in [0.3, 0.4) is 0 Å². The van der Waals surface area contributed by atoms with E-state index in [0.717, 1.165) is 11.6 Å². The quantitative estimate of drug-likeness (QED) is 0.841. The Kier molecular flexibility index (Phi) is 3.43. The highest BCUT2D eigenvalue weighted by molar-refractivity contribution is 7.91. The van der Waals surface area contributed by atoms with E-state index < -0.39 is 9.84 Å². The Morgan fingerprint density at radius 1 is 1.44 bits per heavy atom. The molecule has 2 heterocycles. The SMILES string of the molecule is CNc1cc(N2CCS(=O)(=O)CC2C)nc(C)n1. The van der Waals surface area contributed by atoms with E-state index in [2.05, 4.69) is 15.3 Å². The summed E-state index contributed by atoms with van der Waals surface area (Å²) in [5, 5.41) is 2.98. The Bertz CT molecular complexity index is 544. The molecule has 7 heteroatoms. The second-order valence-corrected chi connectivity index (χ2v) is 6.79. The van der Waals surface area contributed by atoms with Crippen LogP contribution in [0, 0.1) is 6.92 Å². The normalized spacial score (nSPS) is 22.8. The monoisotopic (exact) mass is 270 g/mol. The first-order valence-electron chi connectivity index (χ1n) is 5.92. The van der Waals surface area contributed by atoms with Crippen molar-refractivity contribution in [1.29, 1.82) is 0 Å². The number of aryl methyl sites for hydroxylation is 1. The van der Waals surface area contributed by atoms with Crippen molar-refractivity contribution in [2.45, 2.75) is 19.9 Å². The fraction of sp³-hybridized carbons (Fsp3) is 0.636. The van der Waals surface area contributed by atoms with Gasteiger partial charge in [-0.05, 0) is 13.8 Å². The average Bonchev–Trinajstić information content (AvgIpc) is 2.26. The van der Waals surface area contributed by atoms with E-state index in [1.807, 2.05) is 24.8 Å². The number of rotatable bonds is 2. The third-order valence-electron chi connectivity index (χ3n) is 3.05. The standard InChI is InChI=1S/C11H18N4O2S/c1-8-7-18(16,17)5-4-15(8)11-6-10(12-3)13-9(2)14-11/h6,8H,4-5,7H2,1-3H3,(H,12,13,14). The summed E-state index contributed by atoms with van der Waals surface area (Å²) in [7, 11) is -1.10. The van der Waals surface area contributed by atoms with Crippen LogP contribution in [0.5, 0.6) is 0 Å². The van der Waals surface area contributed by atoms with Gasteiger partial charge in [0.05, 0.1) is 11.5 Å². The van der Waals surface area contributed by atoms with E-state index in [9.17, 15) is 8.42 Å². The van der Waals surface area contributed by atoms with Crippen LogP contribution in [0.15, 0.2) is 6.07 Å². The highest BCUT2D eigenvalue weighted by Crippen LogP contribution is 2.21. The summed E-state index contributed by atoms with van der Waals surface area (Å²) in [6, 6.07) is 1.80. The van der Waals surface area contributed by atoms with E-state index in [1.54, 1.807) is 7.05 Å². The molecule has 0 bridgehead atoms. The van der Waals surface area contributed by atoms with Crippen LogP contribution in [0.4, 0.5) is 11.6 Å². The van der Waals surface area contributed by atoms with Gasteiger partial charge < -0.3 is 10.2 Å². The lowest BCUT2D eigenvalue weighted by Crippen LogP contribution is -2.47. The molecule has 6 nitrogen and oxygen atoms in total. The van der Waals surface area contributed by atoms with Gasteiger partial charge in [-0.25, -0.2) is 18.4 Å². The van der Waals surface area contributed by atoms with E-state index in [1.165, 1.54) is 0 Å². The van der Waals surface area contributed by atoms with Crippen molar-refractivity contribution in [3.63, 3.8) is 0 Å². The topological polar surface area (TPSA) is 75.2 Å². The molecule has 1 aromatic rings. The molecule has 0 amide bonds. The zero-order chi connectivity index (χ0) is 13.3. The Hall–Kier alpha value is -1.37. The van der Waals surface area contributed by atoms with Crippen molar-refractivity contribution in [2.75, 3.05) is 35.3 Å². The minimum Gasteiger partial charge on any atom is -0.373 e. The molecule has 0 aromatic carbocycles. The molecule has 1 unspecified atom stereocenters. The minimum atomic E-state index is -2.90. The molecular formula is C11H18N4O2S. The van der Waals surface area contributed by atoms with Crippen LogP contribution in [-0.4, -0.2) is 49.5 Å². The van der Waals surface area contributed by atoms with Crippen molar-refractivity contribution in [2.24, 2.45) is 0 Å². The smallest absolute Gasteiger partial charge is 0.154 e. The van der Waals surface area contributed by atoms with Crippen LogP contribution in [0.1, 0.15) is 12.7 Å². The summed E-state index contributed by atoms with van der Waals surface area (Å²) in [4.78, 5) is 10.6. The minimum absolute atomic E-state index is 0.0530. The fourth-order valence-corrected chi connectivity index (χ4v) is 3.72. The lowest BCUT2D eigenvalue weighted by Gasteiger charge is -2.34. The molecule has 0 spiro atoms. The number of hydrogen-bond acceptors (Lipinski definition) is 6. The number of aromatic nitrogens is 2. The summed E-state index contributed by atoms with van der Waals surface area (Å²) in [6.07, 6.45) is 0. The highest BCUT2D eigenvalue weighted by Gasteiger charge is 2.29. The molecule has 1 aliphatic rings. The van der Waals surface area contributed by atoms with E-state index in [-0.39, 0.29) is 17.5 Å². The first-order chi connectivity index (χ1) is 8.41. The van der Waals surface area contributed by atoms with E-state index in [0.29, 0.717) is 12.4 Å². The largest absolute Gasteiger partial charge is 0.373 e. The van der Waals surface area contributed by atoms with Gasteiger partial charge in [0.2, 0.25) is 0 Å². The predicted octanol–water partition coefficient (Wildman–Crippen LogP) is 0.450. The molecule has 1 aliphatic heterocycles. The van der Waals surface area contributed by atoms with Gasteiger partial charge in [-0.3, -0.25) is 0 Å². The van der Waals surface area contributed by atoms with Gasteiger partial charge in [-0.1, -0.05) is 0 Å². The molecule has 2 rings (SSSR count). The van der Waals surface area contributed by atoms with Crippen molar-refractivity contribution in [1.82, 2.24) is 9.97 Å². The second-order valence-electron chi connectivity index (χ2n) is 4.57. The number of nitrogens with zero attached hydrogens (tertiary/aromatic N) is 3. The average molecular weight is 270 g/mol. The van der Waals surface area contributed by atoms with Gasteiger partial charge in [0, 0.05) is 25.7 Å². The highest BCUT2D eigenvalue weighted by atomic mass is 32.2. The molecule has 1 saturated heterocycles. The van der Waals surface area contributed by atoms with Gasteiger partial charge in [0.25, 0.3) is 0 Å². The second kappa shape index (κ2) is 4.72. The summed E-state index contributed by atoms with van der Waals surface area (Å²) >= 11 is 0. The Morgan fingerprint density at radius 2 is 2.17 bits per heavy atom. The maximum atomic E-state index is 11.6. The van der Waals surface area contributed by atoms with Gasteiger partial charge in [-0.2, -0.15) is 0 Å². The van der Waals surface area contributed by atoms with Crippen LogP contribution in [0.2, 0.25) is 0 Å². The zero-order valence-electron chi connectivity index (χ0n) is 10.8. The van der Waals surface area contributed by atoms with Crippen molar-refractivity contribution < 1.29 is 8.42 Å². The zero-order valence-corrected chi connectivity index (χ0v) is 11.7. The molecule has 1 atom stereocenters. The van der Waals surface area contributed by atoms with Gasteiger partial charge in [-0.15, -0.1) is 0 Å². The van der Waals surface area contributed by atoms with Crippen LogP contribution < -0.4 is 10.2 Å². The van der Waals surface area contributed by atoms with E-state index in [4.69, 9.17) is 0 Å². The maximum Gasteiger partial charge on any atom is 0.154 e. The lowest BCUT2D eigenvalue weighted by molar-refractivity contribution is 0.566. The van der Waals surface area contributed by atoms with Crippen molar-refractivity contribution in [3.8, 4) is 0 Å². The Balaban J connectivity index is 2.29. The van der Waals surface area contributed by atoms with E-state index >= 15 is 0 Å². The third-order valence-corrected chi connectivity index (χ3v) is 4.84. The van der Waals surface area contributed by atoms with Gasteiger partial charge in [0.15, 0.2) is 9.84 Å². The number of anilines is 2. The fourth-order valence-electron chi connectivity index (χ4n) is 2.17. The summed E-state index contributed by atoms with van der Waals surface area (Å²) in [5.74, 6) is 2.59. The molecule has 1 fully saturated rings. The third kappa shape index (κ3) is 2.72. The van der Waals surface area contributed by atoms with Gasteiger partial charge in [0.1, 0.15) is 17.5 Å². The number of hydrogen-bond donors (Lipinski definition) is 1. The predicted molar refractivity (Wildman–Crippen MR) is 71.8 cm³/mol. The molecule has 0 saturated carbocycles. The number of nitrogens with one attached hydrogen (secondary N) is 1. The summed E-state index contributed by atoms with van der Waals surface area (Å²) in [6.45, 7) is 4.23. The molecule has 100 valence electrons. The van der Waals surface area contributed by atoms with Gasteiger partial charge >= 0.3 is 0 Å². The molecule has 0 radical (unpaired) electrons. The van der Waals surface area contributed by atoms with Crippen molar-refractivity contribution >= 4 is 21.5 Å². The molecule has 1 aromatic heterocycles. The van der Waals surface area contributed by atoms with Crippen LogP contribution >= 0.6 is 0 Å². The Morgan fingerprint density at radius 3 is 2.78 bits per heavy atom.